The quantitative estimate of drug-likeness (QED) is 0.381. The molecule has 0 N–H and O–H groups in total. The molecule has 2 atom stereocenters. The van der Waals surface area contributed by atoms with Gasteiger partial charge in [0.1, 0.15) is 4.70 Å². The normalized spacial score (nSPS) is 26.9. The largest absolute Gasteiger partial charge is 0.270 e. The van der Waals surface area contributed by atoms with Crippen molar-refractivity contribution in [3.8, 4) is 10.6 Å². The van der Waals surface area contributed by atoms with Crippen LogP contribution in [-0.4, -0.2) is 0 Å². The molecule has 2 aliphatic rings. The zero-order chi connectivity index (χ0) is 16.1. The summed E-state index contributed by atoms with van der Waals surface area (Å²) in [6, 6.07) is 22.5. The molecular formula is C22H18NS+. The Morgan fingerprint density at radius 1 is 0.917 bits per heavy atom. The first-order chi connectivity index (χ1) is 11.6. The first-order valence-corrected chi connectivity index (χ1v) is 9.41. The molecule has 0 bridgehead atoms. The molecule has 3 aromatic carbocycles. The molecule has 1 fully saturated rings. The van der Waals surface area contributed by atoms with Crippen molar-refractivity contribution in [3.05, 3.63) is 66.2 Å². The van der Waals surface area contributed by atoms with Gasteiger partial charge in [-0.25, -0.2) is 0 Å². The molecule has 2 unspecified atom stereocenters. The number of para-hydroxylation sites is 1. The summed E-state index contributed by atoms with van der Waals surface area (Å²) in [5.41, 5.74) is 4.82. The van der Waals surface area contributed by atoms with Crippen molar-refractivity contribution in [1.29, 1.82) is 0 Å². The number of aromatic nitrogens is 1. The summed E-state index contributed by atoms with van der Waals surface area (Å²) in [7, 11) is 0. The van der Waals surface area contributed by atoms with Crippen molar-refractivity contribution in [3.63, 3.8) is 0 Å². The number of rotatable bonds is 0. The predicted octanol–water partition coefficient (Wildman–Crippen LogP) is 5.40. The molecular weight excluding hydrogens is 310 g/mol. The number of hydrogen-bond donors (Lipinski definition) is 0. The van der Waals surface area contributed by atoms with Crippen molar-refractivity contribution in [2.24, 2.45) is 0 Å². The molecule has 1 aliphatic carbocycles. The molecule has 0 spiro atoms. The molecule has 1 aliphatic heterocycles. The average Bonchev–Trinajstić information content (AvgIpc) is 3.00. The molecule has 2 heterocycles. The van der Waals surface area contributed by atoms with Crippen molar-refractivity contribution in [2.45, 2.75) is 31.2 Å². The van der Waals surface area contributed by atoms with Gasteiger partial charge in [-0.3, -0.25) is 0 Å². The number of hydrogen-bond acceptors (Lipinski definition) is 1. The highest BCUT2D eigenvalue weighted by Gasteiger charge is 2.74. The van der Waals surface area contributed by atoms with Crippen LogP contribution in [0.3, 0.4) is 0 Å². The Bertz CT molecular complexity index is 1170. The number of nitrogens with zero attached hydrogens (tertiary/aromatic N) is 1. The maximum atomic E-state index is 2.63. The van der Waals surface area contributed by atoms with Gasteiger partial charge in [0, 0.05) is 19.4 Å². The molecule has 4 aromatic rings. The minimum Gasteiger partial charge on any atom is -0.176 e. The van der Waals surface area contributed by atoms with Crippen LogP contribution in [0.15, 0.2) is 60.7 Å². The molecule has 1 aromatic heterocycles. The fraction of sp³-hybridized carbons (Fsp3) is 0.227. The summed E-state index contributed by atoms with van der Waals surface area (Å²) < 4.78 is 4.02. The second-order valence-corrected chi connectivity index (χ2v) is 8.77. The van der Waals surface area contributed by atoms with Crippen LogP contribution in [0.5, 0.6) is 0 Å². The van der Waals surface area contributed by atoms with Crippen LogP contribution in [0.2, 0.25) is 0 Å². The van der Waals surface area contributed by atoms with E-state index in [-0.39, 0.29) is 11.0 Å². The van der Waals surface area contributed by atoms with Crippen LogP contribution in [0.4, 0.5) is 0 Å². The second kappa shape index (κ2) is 3.89. The third-order valence-electron chi connectivity index (χ3n) is 6.48. The highest BCUT2D eigenvalue weighted by Crippen LogP contribution is 2.65. The minimum atomic E-state index is 0.206. The van der Waals surface area contributed by atoms with Gasteiger partial charge in [0.2, 0.25) is 5.52 Å². The minimum absolute atomic E-state index is 0.206. The predicted molar refractivity (Wildman–Crippen MR) is 101 cm³/mol. The SMILES string of the molecule is CC12CC1(C)[n+]1c(sc3ccccc31)-c1cc3ccccc3cc12. The average molecular weight is 328 g/mol. The molecule has 6 rings (SSSR count). The number of fused-ring (bicyclic) bond motifs is 9. The molecule has 116 valence electrons. The maximum Gasteiger partial charge on any atom is 0.270 e. The Kier molecular flexibility index (Phi) is 2.13. The van der Waals surface area contributed by atoms with E-state index in [2.05, 4.69) is 79.1 Å². The van der Waals surface area contributed by atoms with Gasteiger partial charge in [-0.2, -0.15) is 4.57 Å². The van der Waals surface area contributed by atoms with E-state index in [1.54, 1.807) is 0 Å². The monoisotopic (exact) mass is 328 g/mol. The highest BCUT2D eigenvalue weighted by molar-refractivity contribution is 7.21. The van der Waals surface area contributed by atoms with Gasteiger partial charge in [-0.1, -0.05) is 47.7 Å². The summed E-state index contributed by atoms with van der Waals surface area (Å²) >= 11 is 1.94. The van der Waals surface area contributed by atoms with E-state index >= 15 is 0 Å². The second-order valence-electron chi connectivity index (χ2n) is 7.74. The van der Waals surface area contributed by atoms with E-state index in [0.717, 1.165) is 0 Å². The van der Waals surface area contributed by atoms with Crippen LogP contribution in [-0.2, 0) is 11.0 Å². The lowest BCUT2D eigenvalue weighted by Crippen LogP contribution is -2.51. The molecule has 2 heteroatoms. The van der Waals surface area contributed by atoms with Crippen molar-refractivity contribution < 1.29 is 4.57 Å². The Morgan fingerprint density at radius 2 is 1.62 bits per heavy atom. The van der Waals surface area contributed by atoms with Gasteiger partial charge < -0.3 is 0 Å². The number of thiazole rings is 1. The van der Waals surface area contributed by atoms with E-state index < -0.39 is 0 Å². The van der Waals surface area contributed by atoms with E-state index in [1.165, 1.54) is 43.5 Å². The van der Waals surface area contributed by atoms with Crippen LogP contribution in [0, 0.1) is 0 Å². The molecule has 0 saturated heterocycles. The first kappa shape index (κ1) is 13.1. The summed E-state index contributed by atoms with van der Waals surface area (Å²) in [6.45, 7) is 4.89. The van der Waals surface area contributed by atoms with Crippen LogP contribution in [0.1, 0.15) is 25.8 Å². The van der Waals surface area contributed by atoms with Gasteiger partial charge in [0.15, 0.2) is 5.54 Å². The zero-order valence-electron chi connectivity index (χ0n) is 13.8. The lowest BCUT2D eigenvalue weighted by molar-refractivity contribution is -0.703. The maximum absolute atomic E-state index is 2.63. The lowest BCUT2D eigenvalue weighted by atomic mass is 9.84. The molecule has 0 amide bonds. The smallest absolute Gasteiger partial charge is 0.176 e. The van der Waals surface area contributed by atoms with Gasteiger partial charge in [-0.05, 0) is 41.5 Å². The van der Waals surface area contributed by atoms with Gasteiger partial charge >= 0.3 is 0 Å². The topological polar surface area (TPSA) is 3.88 Å². The number of benzene rings is 3. The van der Waals surface area contributed by atoms with E-state index in [9.17, 15) is 0 Å². The zero-order valence-corrected chi connectivity index (χ0v) is 14.7. The van der Waals surface area contributed by atoms with Gasteiger partial charge in [0.05, 0.1) is 11.0 Å². The fourth-order valence-corrected chi connectivity index (χ4v) is 6.17. The Morgan fingerprint density at radius 3 is 2.46 bits per heavy atom. The Hall–Kier alpha value is -2.19. The van der Waals surface area contributed by atoms with Crippen LogP contribution < -0.4 is 4.57 Å². The summed E-state index contributed by atoms with van der Waals surface area (Å²) in [5, 5.41) is 4.13. The third-order valence-corrected chi connectivity index (χ3v) is 7.64. The van der Waals surface area contributed by atoms with Crippen LogP contribution >= 0.6 is 11.3 Å². The molecule has 0 radical (unpaired) electrons. The van der Waals surface area contributed by atoms with Gasteiger partial charge in [-0.15, -0.1) is 0 Å². The van der Waals surface area contributed by atoms with Crippen molar-refractivity contribution >= 4 is 32.3 Å². The van der Waals surface area contributed by atoms with E-state index in [4.69, 9.17) is 0 Å². The van der Waals surface area contributed by atoms with Crippen molar-refractivity contribution in [1.82, 2.24) is 0 Å². The molecule has 1 nitrogen and oxygen atoms in total. The van der Waals surface area contributed by atoms with Crippen LogP contribution in [0.25, 0.3) is 31.6 Å². The standard InChI is InChI=1S/C22H18NS/c1-21-13-22(21,2)23-18-9-5-6-10-19(18)24-20(23)16-11-14-7-3-4-8-15(14)12-17(16)21/h3-12H,13H2,1-2H3/q+1. The summed E-state index contributed by atoms with van der Waals surface area (Å²) in [5.74, 6) is 0. The third kappa shape index (κ3) is 1.32. The Balaban J connectivity index is 1.81. The highest BCUT2D eigenvalue weighted by atomic mass is 32.1. The van der Waals surface area contributed by atoms with E-state index in [0.29, 0.717) is 0 Å². The molecule has 1 saturated carbocycles. The van der Waals surface area contributed by atoms with Crippen molar-refractivity contribution in [2.75, 3.05) is 0 Å². The molecule has 24 heavy (non-hydrogen) atoms. The fourth-order valence-electron chi connectivity index (χ4n) is 4.88. The van der Waals surface area contributed by atoms with Gasteiger partial charge in [0.25, 0.3) is 5.01 Å². The summed E-state index contributed by atoms with van der Waals surface area (Å²) in [6.07, 6.45) is 1.23. The lowest BCUT2D eigenvalue weighted by Gasteiger charge is -2.24. The van der Waals surface area contributed by atoms with E-state index in [1.807, 2.05) is 11.3 Å². The first-order valence-electron chi connectivity index (χ1n) is 8.60. The Labute approximate surface area is 145 Å². The summed E-state index contributed by atoms with van der Waals surface area (Å²) in [4.78, 5) is 0.